The highest BCUT2D eigenvalue weighted by atomic mass is 16.3. The number of phenols is 1. The molecule has 0 fully saturated rings. The van der Waals surface area contributed by atoms with Gasteiger partial charge in [-0.3, -0.25) is 9.59 Å². The molecule has 0 aliphatic rings. The van der Waals surface area contributed by atoms with E-state index in [9.17, 15) is 14.7 Å². The molecule has 0 amide bonds. The summed E-state index contributed by atoms with van der Waals surface area (Å²) in [5, 5.41) is 9.92. The van der Waals surface area contributed by atoms with Gasteiger partial charge in [0.2, 0.25) is 0 Å². The van der Waals surface area contributed by atoms with Gasteiger partial charge < -0.3 is 5.11 Å². The second-order valence-corrected chi connectivity index (χ2v) is 4.02. The Morgan fingerprint density at radius 3 is 2.33 bits per heavy atom. The van der Waals surface area contributed by atoms with Gasteiger partial charge in [-0.15, -0.1) is 0 Å². The number of aldehydes is 2. The van der Waals surface area contributed by atoms with Crippen molar-refractivity contribution in [3.8, 4) is 5.75 Å². The average molecular weight is 240 g/mol. The van der Waals surface area contributed by atoms with E-state index in [1.165, 1.54) is 6.07 Å². The first-order valence-corrected chi connectivity index (χ1v) is 5.54. The van der Waals surface area contributed by atoms with Crippen molar-refractivity contribution in [2.75, 3.05) is 0 Å². The van der Waals surface area contributed by atoms with Gasteiger partial charge in [-0.1, -0.05) is 30.3 Å². The minimum Gasteiger partial charge on any atom is -0.507 e. The maximum absolute atomic E-state index is 10.8. The third-order valence-electron chi connectivity index (χ3n) is 2.74. The number of aromatic hydroxyl groups is 1. The van der Waals surface area contributed by atoms with Crippen LogP contribution in [0.4, 0.5) is 0 Å². The van der Waals surface area contributed by atoms with E-state index in [1.54, 1.807) is 6.07 Å². The van der Waals surface area contributed by atoms with Crippen LogP contribution in [0.15, 0.2) is 42.5 Å². The summed E-state index contributed by atoms with van der Waals surface area (Å²) in [6.07, 6.45) is 1.70. The third kappa shape index (κ3) is 2.46. The molecule has 0 aliphatic carbocycles. The normalized spacial score (nSPS) is 10.0. The molecule has 0 saturated carbocycles. The van der Waals surface area contributed by atoms with Crippen molar-refractivity contribution in [2.45, 2.75) is 6.42 Å². The molecule has 0 aromatic heterocycles. The number of hydrogen-bond acceptors (Lipinski definition) is 3. The molecule has 1 N–H and O–H groups in total. The molecule has 3 heteroatoms. The highest BCUT2D eigenvalue weighted by Crippen LogP contribution is 2.25. The monoisotopic (exact) mass is 240 g/mol. The van der Waals surface area contributed by atoms with E-state index in [-0.39, 0.29) is 11.3 Å². The van der Waals surface area contributed by atoms with Crippen LogP contribution in [0.25, 0.3) is 0 Å². The van der Waals surface area contributed by atoms with Crippen molar-refractivity contribution in [2.24, 2.45) is 0 Å². The van der Waals surface area contributed by atoms with Gasteiger partial charge in [0.25, 0.3) is 0 Å². The van der Waals surface area contributed by atoms with Crippen LogP contribution in [0.1, 0.15) is 31.8 Å². The maximum atomic E-state index is 10.8. The first kappa shape index (κ1) is 12.0. The summed E-state index contributed by atoms with van der Waals surface area (Å²) in [5.74, 6) is -0.0561. The van der Waals surface area contributed by atoms with Gasteiger partial charge in [0.05, 0.1) is 5.56 Å². The zero-order chi connectivity index (χ0) is 13.0. The fourth-order valence-electron chi connectivity index (χ4n) is 1.85. The summed E-state index contributed by atoms with van der Waals surface area (Å²) in [4.78, 5) is 21.6. The van der Waals surface area contributed by atoms with Gasteiger partial charge in [0.15, 0.2) is 6.29 Å². The summed E-state index contributed by atoms with van der Waals surface area (Å²) in [7, 11) is 0. The van der Waals surface area contributed by atoms with E-state index in [1.807, 2.05) is 30.3 Å². The molecule has 18 heavy (non-hydrogen) atoms. The number of phenolic OH excluding ortho intramolecular Hbond substituents is 1. The van der Waals surface area contributed by atoms with Gasteiger partial charge in [0.1, 0.15) is 12.0 Å². The van der Waals surface area contributed by atoms with E-state index in [4.69, 9.17) is 0 Å². The molecule has 0 radical (unpaired) electrons. The second-order valence-electron chi connectivity index (χ2n) is 4.02. The Balaban J connectivity index is 2.43. The van der Waals surface area contributed by atoms with Gasteiger partial charge >= 0.3 is 0 Å². The van der Waals surface area contributed by atoms with Crippen molar-refractivity contribution in [1.82, 2.24) is 0 Å². The molecule has 90 valence electrons. The predicted octanol–water partition coefficient (Wildman–Crippen LogP) is 2.61. The largest absolute Gasteiger partial charge is 0.507 e. The zero-order valence-electron chi connectivity index (χ0n) is 9.67. The van der Waals surface area contributed by atoms with Crippen LogP contribution in [-0.4, -0.2) is 17.7 Å². The Morgan fingerprint density at radius 1 is 1.00 bits per heavy atom. The van der Waals surface area contributed by atoms with Gasteiger partial charge in [-0.2, -0.15) is 0 Å². The van der Waals surface area contributed by atoms with Crippen molar-refractivity contribution in [1.29, 1.82) is 0 Å². The van der Waals surface area contributed by atoms with E-state index in [2.05, 4.69) is 0 Å². The standard InChI is InChI=1S/C15H12O3/c16-9-12-7-13(15(18)14(8-12)10-17)6-11-4-2-1-3-5-11/h1-5,7-10,18H,6H2. The SMILES string of the molecule is O=Cc1cc(C=O)c(O)c(Cc2ccccc2)c1. The topological polar surface area (TPSA) is 54.4 Å². The quantitative estimate of drug-likeness (QED) is 0.836. The molecule has 0 atom stereocenters. The highest BCUT2D eigenvalue weighted by molar-refractivity contribution is 5.85. The first-order valence-electron chi connectivity index (χ1n) is 5.54. The lowest BCUT2D eigenvalue weighted by atomic mass is 9.99. The molecule has 0 saturated heterocycles. The van der Waals surface area contributed by atoms with E-state index in [0.717, 1.165) is 5.56 Å². The number of benzene rings is 2. The summed E-state index contributed by atoms with van der Waals surface area (Å²) in [6, 6.07) is 12.5. The Kier molecular flexibility index (Phi) is 3.53. The van der Waals surface area contributed by atoms with Crippen molar-refractivity contribution >= 4 is 12.6 Å². The Labute approximate surface area is 105 Å². The molecule has 2 rings (SSSR count). The lowest BCUT2D eigenvalue weighted by Crippen LogP contribution is -1.95. The fourth-order valence-corrected chi connectivity index (χ4v) is 1.85. The van der Waals surface area contributed by atoms with Crippen molar-refractivity contribution in [3.05, 3.63) is 64.7 Å². The maximum Gasteiger partial charge on any atom is 0.153 e. The van der Waals surface area contributed by atoms with Gasteiger partial charge in [0, 0.05) is 12.0 Å². The average Bonchev–Trinajstić information content (AvgIpc) is 2.42. The lowest BCUT2D eigenvalue weighted by Gasteiger charge is -2.08. The molecule has 2 aromatic carbocycles. The molecule has 0 unspecified atom stereocenters. The second kappa shape index (κ2) is 5.27. The van der Waals surface area contributed by atoms with Crippen molar-refractivity contribution < 1.29 is 14.7 Å². The van der Waals surface area contributed by atoms with Crippen LogP contribution in [0.2, 0.25) is 0 Å². The van der Waals surface area contributed by atoms with Gasteiger partial charge in [-0.25, -0.2) is 0 Å². The summed E-state index contributed by atoms with van der Waals surface area (Å²) >= 11 is 0. The summed E-state index contributed by atoms with van der Waals surface area (Å²) in [5.41, 5.74) is 2.12. The predicted molar refractivity (Wildman–Crippen MR) is 68.1 cm³/mol. The lowest BCUT2D eigenvalue weighted by molar-refractivity contribution is 0.112. The molecule has 2 aromatic rings. The molecule has 3 nitrogen and oxygen atoms in total. The minimum absolute atomic E-state index is 0.0561. The van der Waals surface area contributed by atoms with Crippen LogP contribution < -0.4 is 0 Å². The van der Waals surface area contributed by atoms with E-state index >= 15 is 0 Å². The summed E-state index contributed by atoms with van der Waals surface area (Å²) in [6.45, 7) is 0. The number of carbonyl (C=O) groups excluding carboxylic acids is 2. The molecule has 0 heterocycles. The first-order chi connectivity index (χ1) is 8.74. The molecule has 0 aliphatic heterocycles. The Bertz CT molecular complexity index is 574. The minimum atomic E-state index is -0.0561. The van der Waals surface area contributed by atoms with Crippen LogP contribution in [0.5, 0.6) is 5.75 Å². The van der Waals surface area contributed by atoms with Crippen LogP contribution in [0, 0.1) is 0 Å². The fraction of sp³-hybridized carbons (Fsp3) is 0.0667. The smallest absolute Gasteiger partial charge is 0.153 e. The Morgan fingerprint density at radius 2 is 1.72 bits per heavy atom. The van der Waals surface area contributed by atoms with E-state index < -0.39 is 0 Å². The molecular weight excluding hydrogens is 228 g/mol. The number of hydrogen-bond donors (Lipinski definition) is 1. The Hall–Kier alpha value is -2.42. The molecular formula is C15H12O3. The number of rotatable bonds is 4. The zero-order valence-corrected chi connectivity index (χ0v) is 9.67. The van der Waals surface area contributed by atoms with Crippen molar-refractivity contribution in [3.63, 3.8) is 0 Å². The summed E-state index contributed by atoms with van der Waals surface area (Å²) < 4.78 is 0. The highest BCUT2D eigenvalue weighted by Gasteiger charge is 2.09. The number of carbonyl (C=O) groups is 2. The van der Waals surface area contributed by atoms with Gasteiger partial charge in [-0.05, 0) is 23.3 Å². The van der Waals surface area contributed by atoms with Crippen LogP contribution in [0.3, 0.4) is 0 Å². The molecule has 0 spiro atoms. The molecule has 0 bridgehead atoms. The van der Waals surface area contributed by atoms with Crippen LogP contribution in [-0.2, 0) is 6.42 Å². The van der Waals surface area contributed by atoms with E-state index in [0.29, 0.717) is 30.1 Å². The van der Waals surface area contributed by atoms with Crippen LogP contribution >= 0.6 is 0 Å². The third-order valence-corrected chi connectivity index (χ3v) is 2.74.